The number of halogens is 1. The smallest absolute Gasteiger partial charge is 0.138 e. The first-order valence-corrected chi connectivity index (χ1v) is 6.56. The molecule has 90 valence electrons. The van der Waals surface area contributed by atoms with E-state index in [2.05, 4.69) is 33.2 Å². The van der Waals surface area contributed by atoms with Gasteiger partial charge in [0.1, 0.15) is 12.4 Å². The highest BCUT2D eigenvalue weighted by Crippen LogP contribution is 2.15. The summed E-state index contributed by atoms with van der Waals surface area (Å²) in [4.78, 5) is 4.03. The summed E-state index contributed by atoms with van der Waals surface area (Å²) in [6.45, 7) is 4.86. The molecule has 0 aliphatic carbocycles. The molecule has 4 heteroatoms. The Kier molecular flexibility index (Phi) is 7.17. The Labute approximate surface area is 106 Å². The van der Waals surface area contributed by atoms with Gasteiger partial charge in [-0.25, -0.2) is 0 Å². The second kappa shape index (κ2) is 8.53. The van der Waals surface area contributed by atoms with Crippen LogP contribution >= 0.6 is 15.9 Å². The Morgan fingerprint density at radius 2 is 2.19 bits per heavy atom. The van der Waals surface area contributed by atoms with Gasteiger partial charge < -0.3 is 10.1 Å². The van der Waals surface area contributed by atoms with E-state index in [0.29, 0.717) is 6.61 Å². The maximum atomic E-state index is 5.54. The molecule has 0 fully saturated rings. The van der Waals surface area contributed by atoms with Crippen LogP contribution in [-0.4, -0.2) is 24.7 Å². The summed E-state index contributed by atoms with van der Waals surface area (Å²) in [6.07, 6.45) is 7.28. The first-order chi connectivity index (χ1) is 7.83. The number of hydrogen-bond acceptors (Lipinski definition) is 3. The number of pyridine rings is 1. The van der Waals surface area contributed by atoms with Gasteiger partial charge in [-0.2, -0.15) is 0 Å². The number of nitrogens with zero attached hydrogens (tertiary/aromatic N) is 1. The first-order valence-electron chi connectivity index (χ1n) is 5.77. The van der Waals surface area contributed by atoms with Crippen molar-refractivity contribution in [2.24, 2.45) is 0 Å². The number of hydrogen-bond donors (Lipinski definition) is 1. The fourth-order valence-corrected chi connectivity index (χ4v) is 1.68. The highest BCUT2D eigenvalue weighted by atomic mass is 79.9. The molecule has 1 aromatic rings. The summed E-state index contributed by atoms with van der Waals surface area (Å²) < 4.78 is 6.48. The van der Waals surface area contributed by atoms with E-state index in [1.807, 2.05) is 6.07 Å². The second-order valence-corrected chi connectivity index (χ2v) is 4.56. The van der Waals surface area contributed by atoms with Gasteiger partial charge in [0, 0.05) is 17.2 Å². The quantitative estimate of drug-likeness (QED) is 0.746. The lowest BCUT2D eigenvalue weighted by molar-refractivity contribution is 0.312. The summed E-state index contributed by atoms with van der Waals surface area (Å²) in [6, 6.07) is 1.92. The van der Waals surface area contributed by atoms with E-state index < -0.39 is 0 Å². The van der Waals surface area contributed by atoms with Gasteiger partial charge >= 0.3 is 0 Å². The highest BCUT2D eigenvalue weighted by molar-refractivity contribution is 9.10. The lowest BCUT2D eigenvalue weighted by Gasteiger charge is -2.07. The second-order valence-electron chi connectivity index (χ2n) is 3.64. The molecule has 0 unspecified atom stereocenters. The molecule has 0 atom stereocenters. The van der Waals surface area contributed by atoms with Crippen molar-refractivity contribution in [3.05, 3.63) is 22.9 Å². The van der Waals surface area contributed by atoms with Crippen molar-refractivity contribution in [3.8, 4) is 5.75 Å². The monoisotopic (exact) mass is 286 g/mol. The third-order valence-electron chi connectivity index (χ3n) is 2.18. The Bertz CT molecular complexity index is 294. The van der Waals surface area contributed by atoms with Crippen LogP contribution in [0.15, 0.2) is 22.9 Å². The van der Waals surface area contributed by atoms with Crippen LogP contribution in [0.4, 0.5) is 0 Å². The molecular formula is C12H19BrN2O. The molecule has 3 nitrogen and oxygen atoms in total. The number of ether oxygens (including phenoxy) is 1. The van der Waals surface area contributed by atoms with E-state index in [4.69, 9.17) is 4.74 Å². The third-order valence-corrected chi connectivity index (χ3v) is 2.62. The van der Waals surface area contributed by atoms with Gasteiger partial charge in [-0.1, -0.05) is 19.8 Å². The lowest BCUT2D eigenvalue weighted by Crippen LogP contribution is -2.22. The summed E-state index contributed by atoms with van der Waals surface area (Å²) >= 11 is 3.36. The van der Waals surface area contributed by atoms with E-state index >= 15 is 0 Å². The van der Waals surface area contributed by atoms with E-state index in [0.717, 1.165) is 23.3 Å². The van der Waals surface area contributed by atoms with Crippen LogP contribution in [-0.2, 0) is 0 Å². The normalized spacial score (nSPS) is 10.4. The minimum absolute atomic E-state index is 0.685. The van der Waals surface area contributed by atoms with Crippen LogP contribution in [0.1, 0.15) is 26.2 Å². The van der Waals surface area contributed by atoms with Gasteiger partial charge in [0.25, 0.3) is 0 Å². The van der Waals surface area contributed by atoms with Crippen molar-refractivity contribution in [2.75, 3.05) is 19.7 Å². The maximum Gasteiger partial charge on any atom is 0.138 e. The summed E-state index contributed by atoms with van der Waals surface area (Å²) in [5.41, 5.74) is 0. The summed E-state index contributed by atoms with van der Waals surface area (Å²) in [5.74, 6) is 0.810. The zero-order valence-electron chi connectivity index (χ0n) is 9.71. The van der Waals surface area contributed by atoms with Gasteiger partial charge in [0.2, 0.25) is 0 Å². The minimum atomic E-state index is 0.685. The van der Waals surface area contributed by atoms with Crippen LogP contribution in [0, 0.1) is 0 Å². The van der Waals surface area contributed by atoms with Crippen LogP contribution in [0.2, 0.25) is 0 Å². The van der Waals surface area contributed by atoms with E-state index in [1.54, 1.807) is 12.4 Å². The predicted molar refractivity (Wildman–Crippen MR) is 69.8 cm³/mol. The zero-order chi connectivity index (χ0) is 11.6. The Balaban J connectivity index is 2.03. The standard InChI is InChI=1S/C12H19BrN2O/c1-2-3-4-5-14-6-7-16-12-8-11(13)9-15-10-12/h8-10,14H,2-7H2,1H3. The average Bonchev–Trinajstić information content (AvgIpc) is 2.28. The Morgan fingerprint density at radius 3 is 2.94 bits per heavy atom. The maximum absolute atomic E-state index is 5.54. The SMILES string of the molecule is CCCCCNCCOc1cncc(Br)c1. The molecule has 0 saturated carbocycles. The van der Waals surface area contributed by atoms with Gasteiger partial charge in [-0.3, -0.25) is 4.98 Å². The number of nitrogens with one attached hydrogen (secondary N) is 1. The van der Waals surface area contributed by atoms with Crippen LogP contribution in [0.5, 0.6) is 5.75 Å². The number of aromatic nitrogens is 1. The van der Waals surface area contributed by atoms with Crippen LogP contribution in [0.25, 0.3) is 0 Å². The molecule has 0 bridgehead atoms. The van der Waals surface area contributed by atoms with Gasteiger partial charge in [-0.15, -0.1) is 0 Å². The average molecular weight is 287 g/mol. The molecule has 1 heterocycles. The molecule has 0 amide bonds. The third kappa shape index (κ3) is 6.08. The molecule has 0 saturated heterocycles. The van der Waals surface area contributed by atoms with Crippen LogP contribution < -0.4 is 10.1 Å². The summed E-state index contributed by atoms with van der Waals surface area (Å²) in [7, 11) is 0. The van der Waals surface area contributed by atoms with Crippen molar-refractivity contribution >= 4 is 15.9 Å². The van der Waals surface area contributed by atoms with Crippen molar-refractivity contribution in [1.82, 2.24) is 10.3 Å². The molecule has 0 spiro atoms. The molecule has 0 aromatic carbocycles. The molecule has 0 aliphatic heterocycles. The zero-order valence-corrected chi connectivity index (χ0v) is 11.3. The number of unbranched alkanes of at least 4 members (excludes halogenated alkanes) is 2. The van der Waals surface area contributed by atoms with Crippen molar-refractivity contribution in [2.45, 2.75) is 26.2 Å². The van der Waals surface area contributed by atoms with E-state index in [9.17, 15) is 0 Å². The van der Waals surface area contributed by atoms with Crippen molar-refractivity contribution < 1.29 is 4.74 Å². The van der Waals surface area contributed by atoms with Gasteiger partial charge in [0.15, 0.2) is 0 Å². The van der Waals surface area contributed by atoms with E-state index in [1.165, 1.54) is 19.3 Å². The fraction of sp³-hybridized carbons (Fsp3) is 0.583. The highest BCUT2D eigenvalue weighted by Gasteiger charge is 1.95. The lowest BCUT2D eigenvalue weighted by atomic mass is 10.2. The molecule has 16 heavy (non-hydrogen) atoms. The fourth-order valence-electron chi connectivity index (χ4n) is 1.34. The predicted octanol–water partition coefficient (Wildman–Crippen LogP) is 3.00. The Morgan fingerprint density at radius 1 is 1.31 bits per heavy atom. The molecule has 0 radical (unpaired) electrons. The number of rotatable bonds is 8. The largest absolute Gasteiger partial charge is 0.491 e. The summed E-state index contributed by atoms with van der Waals surface area (Å²) in [5, 5.41) is 3.35. The van der Waals surface area contributed by atoms with Gasteiger partial charge in [0.05, 0.1) is 6.20 Å². The van der Waals surface area contributed by atoms with Crippen molar-refractivity contribution in [3.63, 3.8) is 0 Å². The van der Waals surface area contributed by atoms with Crippen molar-refractivity contribution in [1.29, 1.82) is 0 Å². The molecule has 1 rings (SSSR count). The Hall–Kier alpha value is -0.610. The van der Waals surface area contributed by atoms with Gasteiger partial charge in [-0.05, 0) is 35.0 Å². The molecule has 1 aromatic heterocycles. The minimum Gasteiger partial charge on any atom is -0.491 e. The van der Waals surface area contributed by atoms with E-state index in [-0.39, 0.29) is 0 Å². The first kappa shape index (κ1) is 13.5. The molecule has 0 aliphatic rings. The van der Waals surface area contributed by atoms with Crippen LogP contribution in [0.3, 0.4) is 0 Å². The topological polar surface area (TPSA) is 34.1 Å². The molecule has 1 N–H and O–H groups in total. The molecular weight excluding hydrogens is 268 g/mol.